The molecule has 2 rings (SSSR count). The van der Waals surface area contributed by atoms with Crippen LogP contribution in [0.1, 0.15) is 15.9 Å². The number of carbonyl (C=O) groups is 1. The lowest BCUT2D eigenvalue weighted by Gasteiger charge is -2.08. The number of methoxy groups -OCH3 is 1. The lowest BCUT2D eigenvalue weighted by Crippen LogP contribution is -2.11. The van der Waals surface area contributed by atoms with Crippen LogP contribution >= 0.6 is 0 Å². The van der Waals surface area contributed by atoms with Crippen molar-refractivity contribution in [1.82, 2.24) is 0 Å². The fourth-order valence-electron chi connectivity index (χ4n) is 1.97. The van der Waals surface area contributed by atoms with Gasteiger partial charge in [0.1, 0.15) is 5.75 Å². The standard InChI is InChI=1S/C15H14O5S/c1-20-12-6-4-5-11(9-12)10-21(18,19)14-8-3-2-7-13(14)15(16)17/h2-9H,10H2,1H3,(H,16,17). The zero-order chi connectivity index (χ0) is 15.5. The summed E-state index contributed by atoms with van der Waals surface area (Å²) < 4.78 is 29.9. The van der Waals surface area contributed by atoms with Gasteiger partial charge in [-0.1, -0.05) is 24.3 Å². The molecule has 0 aliphatic rings. The van der Waals surface area contributed by atoms with Crippen LogP contribution < -0.4 is 4.74 Å². The number of carboxylic acids is 1. The maximum atomic E-state index is 12.4. The smallest absolute Gasteiger partial charge is 0.337 e. The van der Waals surface area contributed by atoms with E-state index in [1.54, 1.807) is 24.3 Å². The third kappa shape index (κ3) is 3.41. The molecule has 0 bridgehead atoms. The minimum Gasteiger partial charge on any atom is -0.497 e. The van der Waals surface area contributed by atoms with Crippen LogP contribution in [0.15, 0.2) is 53.4 Å². The Morgan fingerprint density at radius 2 is 1.86 bits per heavy atom. The van der Waals surface area contributed by atoms with Crippen molar-refractivity contribution in [2.45, 2.75) is 10.6 Å². The molecule has 0 heterocycles. The highest BCUT2D eigenvalue weighted by atomic mass is 32.2. The van der Waals surface area contributed by atoms with Crippen LogP contribution in [-0.2, 0) is 15.6 Å². The summed E-state index contributed by atoms with van der Waals surface area (Å²) in [7, 11) is -2.26. The summed E-state index contributed by atoms with van der Waals surface area (Å²) in [5, 5.41) is 9.09. The van der Waals surface area contributed by atoms with Gasteiger partial charge in [0.2, 0.25) is 0 Å². The van der Waals surface area contributed by atoms with Gasteiger partial charge < -0.3 is 9.84 Å². The second-order valence-electron chi connectivity index (χ2n) is 4.41. The molecule has 0 atom stereocenters. The molecule has 0 saturated heterocycles. The molecule has 1 N–H and O–H groups in total. The van der Waals surface area contributed by atoms with E-state index < -0.39 is 15.8 Å². The highest BCUT2D eigenvalue weighted by Crippen LogP contribution is 2.22. The molecule has 0 unspecified atom stereocenters. The van der Waals surface area contributed by atoms with Gasteiger partial charge in [-0.05, 0) is 29.8 Å². The van der Waals surface area contributed by atoms with Crippen LogP contribution in [0.4, 0.5) is 0 Å². The molecule has 0 spiro atoms. The number of benzene rings is 2. The van der Waals surface area contributed by atoms with Gasteiger partial charge in [-0.15, -0.1) is 0 Å². The first-order chi connectivity index (χ1) is 9.94. The molecule has 0 aliphatic carbocycles. The van der Waals surface area contributed by atoms with Crippen molar-refractivity contribution in [3.05, 3.63) is 59.7 Å². The highest BCUT2D eigenvalue weighted by Gasteiger charge is 2.22. The fourth-order valence-corrected chi connectivity index (χ4v) is 3.52. The maximum Gasteiger partial charge on any atom is 0.337 e. The first-order valence-corrected chi connectivity index (χ1v) is 7.77. The highest BCUT2D eigenvalue weighted by molar-refractivity contribution is 7.90. The quantitative estimate of drug-likeness (QED) is 0.917. The predicted molar refractivity (Wildman–Crippen MR) is 77.3 cm³/mol. The summed E-state index contributed by atoms with van der Waals surface area (Å²) in [5.74, 6) is -0.997. The average molecular weight is 306 g/mol. The van der Waals surface area contributed by atoms with Crippen LogP contribution in [-0.4, -0.2) is 26.6 Å². The van der Waals surface area contributed by atoms with Gasteiger partial charge in [0, 0.05) is 0 Å². The number of rotatable bonds is 5. The van der Waals surface area contributed by atoms with E-state index in [0.29, 0.717) is 11.3 Å². The van der Waals surface area contributed by atoms with Crippen molar-refractivity contribution in [2.75, 3.05) is 7.11 Å². The van der Waals surface area contributed by atoms with Crippen molar-refractivity contribution in [2.24, 2.45) is 0 Å². The normalized spacial score (nSPS) is 11.1. The Morgan fingerprint density at radius 1 is 1.14 bits per heavy atom. The second-order valence-corrected chi connectivity index (χ2v) is 6.37. The Labute approximate surface area is 122 Å². The topological polar surface area (TPSA) is 80.7 Å². The van der Waals surface area contributed by atoms with Gasteiger partial charge in [0.05, 0.1) is 23.3 Å². The number of carboxylic acid groups (broad SMARTS) is 1. The van der Waals surface area contributed by atoms with Gasteiger partial charge >= 0.3 is 5.97 Å². The van der Waals surface area contributed by atoms with Crippen LogP contribution in [0.2, 0.25) is 0 Å². The minimum absolute atomic E-state index is 0.180. The Kier molecular flexibility index (Phi) is 4.28. The third-order valence-electron chi connectivity index (χ3n) is 2.94. The number of aromatic carboxylic acids is 1. The average Bonchev–Trinajstić information content (AvgIpc) is 2.47. The van der Waals surface area contributed by atoms with E-state index in [2.05, 4.69) is 0 Å². The van der Waals surface area contributed by atoms with Gasteiger partial charge in [-0.2, -0.15) is 0 Å². The van der Waals surface area contributed by atoms with Crippen LogP contribution in [0, 0.1) is 0 Å². The molecule has 0 amide bonds. The number of ether oxygens (including phenoxy) is 1. The van der Waals surface area contributed by atoms with Gasteiger partial charge in [0.15, 0.2) is 9.84 Å². The molecule has 5 nitrogen and oxygen atoms in total. The largest absolute Gasteiger partial charge is 0.497 e. The lowest BCUT2D eigenvalue weighted by molar-refractivity contribution is 0.0692. The van der Waals surface area contributed by atoms with Crippen LogP contribution in [0.5, 0.6) is 5.75 Å². The van der Waals surface area contributed by atoms with Crippen molar-refractivity contribution >= 4 is 15.8 Å². The molecule has 0 radical (unpaired) electrons. The van der Waals surface area contributed by atoms with E-state index in [4.69, 9.17) is 9.84 Å². The minimum atomic E-state index is -3.75. The molecular weight excluding hydrogens is 292 g/mol. The molecule has 110 valence electrons. The second kappa shape index (κ2) is 5.97. The summed E-state index contributed by atoms with van der Waals surface area (Å²) >= 11 is 0. The molecular formula is C15H14O5S. The predicted octanol–water partition coefficient (Wildman–Crippen LogP) is 2.37. The SMILES string of the molecule is COc1cccc(CS(=O)(=O)c2ccccc2C(=O)O)c1. The zero-order valence-corrected chi connectivity index (χ0v) is 12.1. The van der Waals surface area contributed by atoms with E-state index in [1.165, 1.54) is 31.4 Å². The summed E-state index contributed by atoms with van der Waals surface area (Å²) in [4.78, 5) is 11.0. The molecule has 0 aromatic heterocycles. The van der Waals surface area contributed by atoms with Crippen molar-refractivity contribution < 1.29 is 23.1 Å². The molecule has 2 aromatic carbocycles. The first kappa shape index (κ1) is 15.1. The maximum absolute atomic E-state index is 12.4. The molecule has 0 saturated carbocycles. The molecule has 0 fully saturated rings. The van der Waals surface area contributed by atoms with E-state index in [9.17, 15) is 13.2 Å². The Bertz CT molecular complexity index is 765. The molecule has 21 heavy (non-hydrogen) atoms. The first-order valence-electron chi connectivity index (χ1n) is 6.12. The van der Waals surface area contributed by atoms with E-state index in [-0.39, 0.29) is 16.2 Å². The van der Waals surface area contributed by atoms with Crippen LogP contribution in [0.3, 0.4) is 0 Å². The van der Waals surface area contributed by atoms with Crippen molar-refractivity contribution in [1.29, 1.82) is 0 Å². The monoisotopic (exact) mass is 306 g/mol. The molecule has 6 heteroatoms. The van der Waals surface area contributed by atoms with E-state index in [1.807, 2.05) is 0 Å². The Hall–Kier alpha value is -2.34. The van der Waals surface area contributed by atoms with Crippen molar-refractivity contribution in [3.63, 3.8) is 0 Å². The van der Waals surface area contributed by atoms with Gasteiger partial charge in [-0.25, -0.2) is 13.2 Å². The zero-order valence-electron chi connectivity index (χ0n) is 11.3. The van der Waals surface area contributed by atoms with Crippen molar-refractivity contribution in [3.8, 4) is 5.75 Å². The summed E-state index contributed by atoms with van der Waals surface area (Å²) in [5.41, 5.74) is 0.315. The van der Waals surface area contributed by atoms with Gasteiger partial charge in [0.25, 0.3) is 0 Å². The summed E-state index contributed by atoms with van der Waals surface area (Å²) in [6.07, 6.45) is 0. The number of sulfone groups is 1. The molecule has 2 aromatic rings. The summed E-state index contributed by atoms with van der Waals surface area (Å²) in [6, 6.07) is 12.2. The van der Waals surface area contributed by atoms with E-state index in [0.717, 1.165) is 0 Å². The Morgan fingerprint density at radius 3 is 2.52 bits per heavy atom. The van der Waals surface area contributed by atoms with Crippen LogP contribution in [0.25, 0.3) is 0 Å². The number of hydrogen-bond donors (Lipinski definition) is 1. The third-order valence-corrected chi connectivity index (χ3v) is 4.68. The van der Waals surface area contributed by atoms with Gasteiger partial charge in [-0.3, -0.25) is 0 Å². The number of hydrogen-bond acceptors (Lipinski definition) is 4. The Balaban J connectivity index is 2.41. The summed E-state index contributed by atoms with van der Waals surface area (Å²) in [6.45, 7) is 0. The van der Waals surface area contributed by atoms with E-state index >= 15 is 0 Å². The molecule has 0 aliphatic heterocycles. The lowest BCUT2D eigenvalue weighted by atomic mass is 10.2. The fraction of sp³-hybridized carbons (Fsp3) is 0.133.